The zero-order chi connectivity index (χ0) is 20.5. The van der Waals surface area contributed by atoms with E-state index in [1.165, 1.54) is 5.56 Å². The number of benzene rings is 1. The van der Waals surface area contributed by atoms with Crippen LogP contribution in [0, 0.1) is 5.92 Å². The number of nitrogens with zero attached hydrogens (tertiary/aromatic N) is 3. The highest BCUT2D eigenvalue weighted by Crippen LogP contribution is 2.32. The number of nitrogens with one attached hydrogen (secondary N) is 1. The largest absolute Gasteiger partial charge is 0.454 e. The normalized spacial score (nSPS) is 18.2. The van der Waals surface area contributed by atoms with Crippen molar-refractivity contribution < 1.29 is 14.6 Å². The smallest absolute Gasteiger partial charge is 0.231 e. The fourth-order valence-electron chi connectivity index (χ4n) is 3.97. The van der Waals surface area contributed by atoms with Crippen LogP contribution in [0.1, 0.15) is 38.7 Å². The number of piperazine rings is 1. The summed E-state index contributed by atoms with van der Waals surface area (Å²) in [5.74, 6) is 3.17. The number of aliphatic imine (C=N–C) groups is 1. The van der Waals surface area contributed by atoms with Crippen molar-refractivity contribution in [2.45, 2.75) is 39.7 Å². The minimum atomic E-state index is 0.245. The minimum absolute atomic E-state index is 0.245. The van der Waals surface area contributed by atoms with E-state index in [1.54, 1.807) is 0 Å². The van der Waals surface area contributed by atoms with Gasteiger partial charge in [-0.1, -0.05) is 19.4 Å². The van der Waals surface area contributed by atoms with Crippen LogP contribution in [0.3, 0.4) is 0 Å². The number of guanidine groups is 1. The van der Waals surface area contributed by atoms with Gasteiger partial charge in [-0.3, -0.25) is 9.89 Å². The number of fused-ring (bicyclic) bond motifs is 1. The second-order valence-electron chi connectivity index (χ2n) is 7.81. The Kier molecular flexibility index (Phi) is 8.43. The van der Waals surface area contributed by atoms with Crippen LogP contribution in [-0.2, 0) is 6.54 Å². The number of hydrogen-bond donors (Lipinski definition) is 2. The number of ether oxygens (including phenoxy) is 2. The van der Waals surface area contributed by atoms with Crippen LogP contribution in [-0.4, -0.2) is 73.5 Å². The van der Waals surface area contributed by atoms with Crippen molar-refractivity contribution in [3.8, 4) is 11.5 Å². The number of aliphatic hydroxyl groups excluding tert-OH is 1. The maximum absolute atomic E-state index is 9.29. The second-order valence-corrected chi connectivity index (χ2v) is 7.81. The summed E-state index contributed by atoms with van der Waals surface area (Å²) in [7, 11) is 0. The van der Waals surface area contributed by atoms with E-state index in [1.807, 2.05) is 6.07 Å². The van der Waals surface area contributed by atoms with E-state index < -0.39 is 0 Å². The lowest BCUT2D eigenvalue weighted by Gasteiger charge is -2.36. The van der Waals surface area contributed by atoms with Crippen LogP contribution in [0.4, 0.5) is 0 Å². The molecule has 2 N–H and O–H groups in total. The number of rotatable bonds is 9. The summed E-state index contributed by atoms with van der Waals surface area (Å²) in [5.41, 5.74) is 1.26. The van der Waals surface area contributed by atoms with E-state index in [-0.39, 0.29) is 6.61 Å². The molecule has 162 valence electrons. The van der Waals surface area contributed by atoms with Crippen LogP contribution < -0.4 is 14.8 Å². The molecular formula is C22H36N4O3. The third-order valence-electron chi connectivity index (χ3n) is 5.58. The van der Waals surface area contributed by atoms with Gasteiger partial charge in [0.1, 0.15) is 0 Å². The summed E-state index contributed by atoms with van der Waals surface area (Å²) in [6, 6.07) is 6.22. The average Bonchev–Trinajstić information content (AvgIpc) is 3.20. The van der Waals surface area contributed by atoms with Gasteiger partial charge in [-0.15, -0.1) is 0 Å². The fourth-order valence-corrected chi connectivity index (χ4v) is 3.97. The predicted molar refractivity (Wildman–Crippen MR) is 115 cm³/mol. The van der Waals surface area contributed by atoms with E-state index in [2.05, 4.69) is 41.1 Å². The number of aliphatic hydroxyl groups is 1. The van der Waals surface area contributed by atoms with Crippen LogP contribution >= 0.6 is 0 Å². The van der Waals surface area contributed by atoms with Gasteiger partial charge >= 0.3 is 0 Å². The van der Waals surface area contributed by atoms with Crippen LogP contribution in [0.5, 0.6) is 11.5 Å². The highest BCUT2D eigenvalue weighted by molar-refractivity contribution is 5.80. The summed E-state index contributed by atoms with van der Waals surface area (Å²) in [4.78, 5) is 9.73. The Morgan fingerprint density at radius 1 is 1.14 bits per heavy atom. The summed E-state index contributed by atoms with van der Waals surface area (Å²) in [5, 5.41) is 12.7. The molecule has 0 amide bonds. The Morgan fingerprint density at radius 3 is 2.66 bits per heavy atom. The van der Waals surface area contributed by atoms with Gasteiger partial charge in [0.2, 0.25) is 6.79 Å². The second kappa shape index (κ2) is 11.3. The highest BCUT2D eigenvalue weighted by atomic mass is 16.7. The van der Waals surface area contributed by atoms with Gasteiger partial charge in [0.05, 0.1) is 0 Å². The topological polar surface area (TPSA) is 69.6 Å². The lowest BCUT2D eigenvalue weighted by Crippen LogP contribution is -2.52. The summed E-state index contributed by atoms with van der Waals surface area (Å²) in [6.07, 6.45) is 3.09. The first-order valence-electron chi connectivity index (χ1n) is 11.0. The SMILES string of the molecule is CCCC(CCO)CN=C(NCC)N1CCN(Cc2ccc3c(c2)OCO3)CC1. The first-order chi connectivity index (χ1) is 14.2. The quantitative estimate of drug-likeness (QED) is 0.486. The van der Waals surface area contributed by atoms with Gasteiger partial charge in [0, 0.05) is 52.4 Å². The number of hydrogen-bond acceptors (Lipinski definition) is 5. The molecule has 1 saturated heterocycles. The molecule has 29 heavy (non-hydrogen) atoms. The van der Waals surface area contributed by atoms with Crippen molar-refractivity contribution in [1.29, 1.82) is 0 Å². The van der Waals surface area contributed by atoms with E-state index in [0.717, 1.165) is 82.5 Å². The van der Waals surface area contributed by atoms with E-state index in [4.69, 9.17) is 14.5 Å². The standard InChI is InChI=1S/C22H36N4O3/c1-3-5-18(8-13-27)15-24-22(23-4-2)26-11-9-25(10-12-26)16-19-6-7-20-21(14-19)29-17-28-20/h6-7,14,18,27H,3-5,8-13,15-17H2,1-2H3,(H,23,24). The molecule has 3 rings (SSSR count). The van der Waals surface area contributed by atoms with E-state index >= 15 is 0 Å². The molecule has 2 aliphatic rings. The van der Waals surface area contributed by atoms with Crippen molar-refractivity contribution >= 4 is 5.96 Å². The van der Waals surface area contributed by atoms with Gasteiger partial charge in [-0.05, 0) is 43.4 Å². The lowest BCUT2D eigenvalue weighted by molar-refractivity contribution is 0.171. The van der Waals surface area contributed by atoms with Gasteiger partial charge in [-0.25, -0.2) is 0 Å². The molecule has 1 atom stereocenters. The maximum Gasteiger partial charge on any atom is 0.231 e. The average molecular weight is 405 g/mol. The molecule has 0 radical (unpaired) electrons. The molecule has 1 unspecified atom stereocenters. The van der Waals surface area contributed by atoms with E-state index in [0.29, 0.717) is 12.7 Å². The van der Waals surface area contributed by atoms with Gasteiger partial charge < -0.3 is 24.8 Å². The summed E-state index contributed by atoms with van der Waals surface area (Å²) in [6.45, 7) is 11.4. The molecule has 1 aromatic rings. The molecule has 7 heteroatoms. The molecule has 0 aromatic heterocycles. The molecular weight excluding hydrogens is 368 g/mol. The third-order valence-corrected chi connectivity index (χ3v) is 5.58. The zero-order valence-corrected chi connectivity index (χ0v) is 17.9. The first-order valence-corrected chi connectivity index (χ1v) is 11.0. The predicted octanol–water partition coefficient (Wildman–Crippen LogP) is 2.30. The molecule has 0 saturated carbocycles. The first kappa shape index (κ1) is 21.7. The van der Waals surface area contributed by atoms with Crippen molar-refractivity contribution in [1.82, 2.24) is 15.1 Å². The maximum atomic E-state index is 9.29. The molecule has 2 heterocycles. The summed E-state index contributed by atoms with van der Waals surface area (Å²) >= 11 is 0. The van der Waals surface area contributed by atoms with Crippen LogP contribution in [0.15, 0.2) is 23.2 Å². The molecule has 2 aliphatic heterocycles. The van der Waals surface area contributed by atoms with Gasteiger partial charge in [0.25, 0.3) is 0 Å². The minimum Gasteiger partial charge on any atom is -0.454 e. The van der Waals surface area contributed by atoms with Gasteiger partial charge in [0.15, 0.2) is 17.5 Å². The highest BCUT2D eigenvalue weighted by Gasteiger charge is 2.21. The molecule has 0 aliphatic carbocycles. The Hall–Kier alpha value is -1.99. The fraction of sp³-hybridized carbons (Fsp3) is 0.682. The van der Waals surface area contributed by atoms with Crippen LogP contribution in [0.25, 0.3) is 0 Å². The summed E-state index contributed by atoms with van der Waals surface area (Å²) < 4.78 is 10.9. The van der Waals surface area contributed by atoms with Crippen molar-refractivity contribution in [3.63, 3.8) is 0 Å². The Balaban J connectivity index is 1.52. The molecule has 0 spiro atoms. The monoisotopic (exact) mass is 404 g/mol. The van der Waals surface area contributed by atoms with Crippen molar-refractivity contribution in [2.75, 3.05) is 52.7 Å². The van der Waals surface area contributed by atoms with Crippen molar-refractivity contribution in [3.05, 3.63) is 23.8 Å². The molecule has 1 aromatic carbocycles. The zero-order valence-electron chi connectivity index (χ0n) is 17.9. The Labute approximate surface area is 174 Å². The molecule has 7 nitrogen and oxygen atoms in total. The molecule has 0 bridgehead atoms. The molecule has 1 fully saturated rings. The Bertz CT molecular complexity index is 653. The lowest BCUT2D eigenvalue weighted by atomic mass is 10.0. The van der Waals surface area contributed by atoms with E-state index in [9.17, 15) is 5.11 Å². The van der Waals surface area contributed by atoms with Gasteiger partial charge in [-0.2, -0.15) is 0 Å². The Morgan fingerprint density at radius 2 is 1.93 bits per heavy atom. The third kappa shape index (κ3) is 6.24. The van der Waals surface area contributed by atoms with Crippen molar-refractivity contribution in [2.24, 2.45) is 10.9 Å². The van der Waals surface area contributed by atoms with Crippen LogP contribution in [0.2, 0.25) is 0 Å².